The highest BCUT2D eigenvalue weighted by atomic mass is 15.3. The molecule has 0 aliphatic carbocycles. The largest absolute Gasteiger partial charge is 0.318 e. The van der Waals surface area contributed by atoms with Crippen LogP contribution >= 0.6 is 0 Å². The van der Waals surface area contributed by atoms with E-state index in [4.69, 9.17) is 0 Å². The molecule has 3 nitrogen and oxygen atoms in total. The lowest BCUT2D eigenvalue weighted by molar-refractivity contribution is 0.0795. The fourth-order valence-electron chi connectivity index (χ4n) is 4.30. The van der Waals surface area contributed by atoms with Crippen LogP contribution in [0, 0.1) is 0 Å². The molecule has 3 unspecified atom stereocenters. The molecule has 0 saturated carbocycles. The first-order valence-electron chi connectivity index (χ1n) is 7.53. The summed E-state index contributed by atoms with van der Waals surface area (Å²) in [7, 11) is 2.09. The third-order valence-corrected chi connectivity index (χ3v) is 5.12. The minimum atomic E-state index is 0.818. The highest BCUT2D eigenvalue weighted by Crippen LogP contribution is 2.32. The van der Waals surface area contributed by atoms with Gasteiger partial charge in [-0.15, -0.1) is 0 Å². The van der Waals surface area contributed by atoms with Crippen LogP contribution in [0.4, 0.5) is 0 Å². The molecule has 3 aliphatic rings. The van der Waals surface area contributed by atoms with Crippen molar-refractivity contribution in [3.63, 3.8) is 0 Å². The third kappa shape index (κ3) is 2.38. The summed E-state index contributed by atoms with van der Waals surface area (Å²) in [6.07, 6.45) is 8.58. The van der Waals surface area contributed by atoms with Crippen molar-refractivity contribution in [1.29, 1.82) is 0 Å². The van der Waals surface area contributed by atoms with Crippen LogP contribution in [0.25, 0.3) is 0 Å². The maximum absolute atomic E-state index is 3.37. The van der Waals surface area contributed by atoms with Gasteiger partial charge in [0.1, 0.15) is 0 Å². The summed E-state index contributed by atoms with van der Waals surface area (Å²) in [5, 5.41) is 3.37. The first kappa shape index (κ1) is 11.9. The molecule has 0 spiro atoms. The summed E-state index contributed by atoms with van der Waals surface area (Å²) < 4.78 is 0. The number of likely N-dealkylation sites (N-methyl/N-ethyl adjacent to an activating group) is 1. The predicted molar refractivity (Wildman–Crippen MR) is 71.3 cm³/mol. The van der Waals surface area contributed by atoms with Crippen LogP contribution < -0.4 is 5.32 Å². The number of hydrogen-bond donors (Lipinski definition) is 1. The van der Waals surface area contributed by atoms with Crippen LogP contribution in [0.15, 0.2) is 0 Å². The van der Waals surface area contributed by atoms with Gasteiger partial charge in [-0.25, -0.2) is 0 Å². The Bertz CT molecular complexity index is 256. The SMILES string of the molecule is CNCC1CCCN1C1CCN2CCCC2C1. The molecule has 3 fully saturated rings. The molecule has 0 amide bonds. The summed E-state index contributed by atoms with van der Waals surface area (Å²) in [5.41, 5.74) is 0. The zero-order valence-electron chi connectivity index (χ0n) is 11.2. The van der Waals surface area contributed by atoms with Gasteiger partial charge in [-0.3, -0.25) is 4.90 Å². The van der Waals surface area contributed by atoms with Crippen LogP contribution in [0.5, 0.6) is 0 Å². The number of rotatable bonds is 3. The third-order valence-electron chi connectivity index (χ3n) is 5.12. The number of likely N-dealkylation sites (tertiary alicyclic amines) is 1. The van der Waals surface area contributed by atoms with E-state index < -0.39 is 0 Å². The summed E-state index contributed by atoms with van der Waals surface area (Å²) in [6, 6.07) is 2.62. The van der Waals surface area contributed by atoms with Gasteiger partial charge in [0.05, 0.1) is 0 Å². The molecular formula is C14H27N3. The Morgan fingerprint density at radius 2 is 1.88 bits per heavy atom. The van der Waals surface area contributed by atoms with Crippen molar-refractivity contribution in [2.75, 3.05) is 33.2 Å². The Labute approximate surface area is 106 Å². The van der Waals surface area contributed by atoms with Gasteiger partial charge in [-0.2, -0.15) is 0 Å². The molecule has 98 valence electrons. The van der Waals surface area contributed by atoms with Gasteiger partial charge in [0.2, 0.25) is 0 Å². The Balaban J connectivity index is 1.60. The van der Waals surface area contributed by atoms with E-state index in [1.54, 1.807) is 0 Å². The van der Waals surface area contributed by atoms with Crippen molar-refractivity contribution in [3.05, 3.63) is 0 Å². The average Bonchev–Trinajstić information content (AvgIpc) is 2.96. The van der Waals surface area contributed by atoms with Crippen molar-refractivity contribution >= 4 is 0 Å². The summed E-state index contributed by atoms with van der Waals surface area (Å²) in [4.78, 5) is 5.56. The van der Waals surface area contributed by atoms with Gasteiger partial charge >= 0.3 is 0 Å². The van der Waals surface area contributed by atoms with Crippen molar-refractivity contribution in [3.8, 4) is 0 Å². The predicted octanol–water partition coefficient (Wildman–Crippen LogP) is 1.30. The number of nitrogens with zero attached hydrogens (tertiary/aromatic N) is 2. The van der Waals surface area contributed by atoms with Crippen molar-refractivity contribution in [1.82, 2.24) is 15.1 Å². The summed E-state index contributed by atoms with van der Waals surface area (Å²) in [6.45, 7) is 5.27. The van der Waals surface area contributed by atoms with E-state index in [0.29, 0.717) is 0 Å². The molecule has 3 atom stereocenters. The molecule has 0 aromatic rings. The van der Waals surface area contributed by atoms with E-state index in [2.05, 4.69) is 22.2 Å². The maximum Gasteiger partial charge on any atom is 0.0223 e. The van der Waals surface area contributed by atoms with E-state index in [1.165, 1.54) is 64.7 Å². The zero-order valence-corrected chi connectivity index (χ0v) is 11.2. The lowest BCUT2D eigenvalue weighted by atomic mass is 9.95. The fraction of sp³-hybridized carbons (Fsp3) is 1.00. The molecule has 3 rings (SSSR count). The monoisotopic (exact) mass is 237 g/mol. The standard InChI is InChI=1S/C14H27N3/c1-15-11-14-5-3-8-17(14)13-6-9-16-7-2-4-12(16)10-13/h12-15H,2-11H2,1H3. The quantitative estimate of drug-likeness (QED) is 0.798. The highest BCUT2D eigenvalue weighted by Gasteiger charge is 2.37. The second-order valence-corrected chi connectivity index (χ2v) is 6.10. The van der Waals surface area contributed by atoms with E-state index in [9.17, 15) is 0 Å². The van der Waals surface area contributed by atoms with Crippen LogP contribution in [-0.2, 0) is 0 Å². The van der Waals surface area contributed by atoms with Crippen molar-refractivity contribution in [2.24, 2.45) is 0 Å². The van der Waals surface area contributed by atoms with Gasteiger partial charge in [0.25, 0.3) is 0 Å². The summed E-state index contributed by atoms with van der Waals surface area (Å²) in [5.74, 6) is 0. The molecule has 3 heterocycles. The molecule has 0 aromatic carbocycles. The lowest BCUT2D eigenvalue weighted by Crippen LogP contribution is -2.50. The molecule has 1 N–H and O–H groups in total. The van der Waals surface area contributed by atoms with Crippen LogP contribution in [0.2, 0.25) is 0 Å². The minimum Gasteiger partial charge on any atom is -0.318 e. The van der Waals surface area contributed by atoms with E-state index >= 15 is 0 Å². The zero-order chi connectivity index (χ0) is 11.7. The molecular weight excluding hydrogens is 210 g/mol. The Kier molecular flexibility index (Phi) is 3.69. The molecule has 3 aliphatic heterocycles. The second kappa shape index (κ2) is 5.25. The van der Waals surface area contributed by atoms with Gasteiger partial charge in [0.15, 0.2) is 0 Å². The van der Waals surface area contributed by atoms with Crippen LogP contribution in [-0.4, -0.2) is 61.2 Å². The Morgan fingerprint density at radius 3 is 2.76 bits per heavy atom. The van der Waals surface area contributed by atoms with Gasteiger partial charge in [-0.05, 0) is 65.2 Å². The lowest BCUT2D eigenvalue weighted by Gasteiger charge is -2.41. The van der Waals surface area contributed by atoms with Crippen LogP contribution in [0.3, 0.4) is 0 Å². The van der Waals surface area contributed by atoms with Gasteiger partial charge < -0.3 is 10.2 Å². The maximum atomic E-state index is 3.37. The van der Waals surface area contributed by atoms with Crippen molar-refractivity contribution < 1.29 is 0 Å². The number of hydrogen-bond acceptors (Lipinski definition) is 3. The van der Waals surface area contributed by atoms with Crippen LogP contribution in [0.1, 0.15) is 38.5 Å². The number of fused-ring (bicyclic) bond motifs is 1. The normalized spacial score (nSPS) is 39.7. The molecule has 3 heteroatoms. The minimum absolute atomic E-state index is 0.818. The second-order valence-electron chi connectivity index (χ2n) is 6.10. The van der Waals surface area contributed by atoms with Crippen molar-refractivity contribution in [2.45, 2.75) is 56.7 Å². The first-order chi connectivity index (χ1) is 8.38. The smallest absolute Gasteiger partial charge is 0.0223 e. The van der Waals surface area contributed by atoms with Gasteiger partial charge in [-0.1, -0.05) is 0 Å². The number of piperidine rings is 1. The van der Waals surface area contributed by atoms with E-state index in [0.717, 1.165) is 18.1 Å². The van der Waals surface area contributed by atoms with E-state index in [-0.39, 0.29) is 0 Å². The average molecular weight is 237 g/mol. The molecule has 17 heavy (non-hydrogen) atoms. The topological polar surface area (TPSA) is 18.5 Å². The molecule has 0 aromatic heterocycles. The number of nitrogens with one attached hydrogen (secondary N) is 1. The molecule has 3 saturated heterocycles. The molecule has 0 bridgehead atoms. The molecule has 0 radical (unpaired) electrons. The van der Waals surface area contributed by atoms with Gasteiger partial charge in [0, 0.05) is 24.7 Å². The summed E-state index contributed by atoms with van der Waals surface area (Å²) >= 11 is 0. The Hall–Kier alpha value is -0.120. The highest BCUT2D eigenvalue weighted by molar-refractivity contribution is 4.94. The first-order valence-corrected chi connectivity index (χ1v) is 7.53. The Morgan fingerprint density at radius 1 is 1.00 bits per heavy atom. The van der Waals surface area contributed by atoms with E-state index in [1.807, 2.05) is 0 Å². The fourth-order valence-corrected chi connectivity index (χ4v) is 4.30.